The molecular formula is C24H28F3N5O5. The maximum absolute atomic E-state index is 11.6. The lowest BCUT2D eigenvalue weighted by Crippen LogP contribution is -2.52. The number of hydrogen-bond donors (Lipinski definition) is 2. The summed E-state index contributed by atoms with van der Waals surface area (Å²) in [5.41, 5.74) is 5.60. The molecule has 0 amide bonds. The number of fused-ring (bicyclic) bond motifs is 3. The number of anilines is 1. The van der Waals surface area contributed by atoms with Crippen molar-refractivity contribution in [2.24, 2.45) is 11.0 Å². The van der Waals surface area contributed by atoms with Crippen LogP contribution in [0.1, 0.15) is 26.7 Å². The zero-order valence-electron chi connectivity index (χ0n) is 20.4. The second-order valence-electron chi connectivity index (χ2n) is 8.46. The molecule has 3 fully saturated rings. The summed E-state index contributed by atoms with van der Waals surface area (Å²) in [5, 5.41) is 19.8. The molecule has 1 aromatic heterocycles. The van der Waals surface area contributed by atoms with Crippen molar-refractivity contribution >= 4 is 23.3 Å². The second kappa shape index (κ2) is 12.5. The fraction of sp³-hybridized carbons (Fsp3) is 0.458. The molecule has 3 aliphatic rings. The fourth-order valence-electron chi connectivity index (χ4n) is 3.88. The summed E-state index contributed by atoms with van der Waals surface area (Å²) in [4.78, 5) is 22.9. The van der Waals surface area contributed by atoms with Crippen LogP contribution in [-0.4, -0.2) is 76.4 Å². The molecule has 37 heavy (non-hydrogen) atoms. The van der Waals surface area contributed by atoms with Crippen LogP contribution in [0.5, 0.6) is 5.88 Å². The van der Waals surface area contributed by atoms with E-state index in [-0.39, 0.29) is 11.8 Å². The molecule has 4 heterocycles. The molecule has 0 aliphatic carbocycles. The topological polar surface area (TPSA) is 126 Å². The Labute approximate surface area is 211 Å². The van der Waals surface area contributed by atoms with E-state index in [9.17, 15) is 18.0 Å². The quantitative estimate of drug-likeness (QED) is 0.318. The van der Waals surface area contributed by atoms with Gasteiger partial charge in [-0.2, -0.15) is 18.3 Å². The summed E-state index contributed by atoms with van der Waals surface area (Å²) in [6.45, 7) is 7.05. The lowest BCUT2D eigenvalue weighted by atomic mass is 9.86. The number of piperidine rings is 3. The van der Waals surface area contributed by atoms with Crippen molar-refractivity contribution < 1.29 is 37.3 Å². The van der Waals surface area contributed by atoms with Gasteiger partial charge in [-0.3, -0.25) is 10.3 Å². The normalized spacial score (nSPS) is 20.9. The maximum Gasteiger partial charge on any atom is 0.490 e. The molecule has 1 aromatic carbocycles. The van der Waals surface area contributed by atoms with Crippen LogP contribution < -0.4 is 10.2 Å². The number of alkyl halides is 3. The van der Waals surface area contributed by atoms with E-state index in [0.717, 1.165) is 23.5 Å². The van der Waals surface area contributed by atoms with E-state index in [1.54, 1.807) is 13.8 Å². The Morgan fingerprint density at radius 2 is 1.78 bits per heavy atom. The van der Waals surface area contributed by atoms with Crippen molar-refractivity contribution in [3.63, 3.8) is 0 Å². The number of carbonyl (C=O) groups excluding carboxylic acids is 1. The second-order valence-corrected chi connectivity index (χ2v) is 8.46. The van der Waals surface area contributed by atoms with Crippen LogP contribution in [0.3, 0.4) is 0 Å². The minimum Gasteiger partial charge on any atom is -0.475 e. The number of halogens is 3. The molecule has 1 atom stereocenters. The first-order chi connectivity index (χ1) is 17.6. The van der Waals surface area contributed by atoms with E-state index in [1.165, 1.54) is 25.9 Å². The standard InChI is InChI=1S/C22H27N5O3.C2HF3O2/c1-3-29-22(28)15(2)23-24-18-6-4-16(5-7-18)19-8-9-21(26-25-19)30-20-14-27-12-10-17(20)11-13-27;3-2(4,5)1(6)7/h4-9,17,20,24H,3,10-14H2,1-2H3;(H,6,7)/t20-;/m0./s1. The monoisotopic (exact) mass is 523 g/mol. The molecule has 2 bridgehead atoms. The van der Waals surface area contributed by atoms with Gasteiger partial charge in [-0.15, -0.1) is 10.2 Å². The number of esters is 1. The molecule has 0 radical (unpaired) electrons. The summed E-state index contributed by atoms with van der Waals surface area (Å²) >= 11 is 0. The van der Waals surface area contributed by atoms with Gasteiger partial charge in [0.2, 0.25) is 5.88 Å². The highest BCUT2D eigenvalue weighted by Crippen LogP contribution is 2.30. The molecule has 0 unspecified atom stereocenters. The number of carboxylic acids is 1. The van der Waals surface area contributed by atoms with Crippen LogP contribution in [0.2, 0.25) is 0 Å². The Morgan fingerprint density at radius 1 is 1.14 bits per heavy atom. The summed E-state index contributed by atoms with van der Waals surface area (Å²) < 4.78 is 42.8. The zero-order valence-corrected chi connectivity index (χ0v) is 20.4. The first kappa shape index (κ1) is 27.8. The average Bonchev–Trinajstić information content (AvgIpc) is 2.89. The van der Waals surface area contributed by atoms with E-state index in [4.69, 9.17) is 19.4 Å². The van der Waals surface area contributed by atoms with Gasteiger partial charge in [0, 0.05) is 18.2 Å². The van der Waals surface area contributed by atoms with Gasteiger partial charge in [0.05, 0.1) is 18.0 Å². The highest BCUT2D eigenvalue weighted by atomic mass is 19.4. The molecule has 5 rings (SSSR count). The Bertz CT molecular complexity index is 1090. The molecule has 3 aliphatic heterocycles. The molecule has 2 aromatic rings. The number of benzene rings is 1. The third-order valence-corrected chi connectivity index (χ3v) is 5.86. The number of hydrazone groups is 1. The maximum atomic E-state index is 11.6. The Hall–Kier alpha value is -3.74. The smallest absolute Gasteiger partial charge is 0.475 e. The fourth-order valence-corrected chi connectivity index (χ4v) is 3.88. The summed E-state index contributed by atoms with van der Waals surface area (Å²) in [7, 11) is 0. The van der Waals surface area contributed by atoms with E-state index in [2.05, 4.69) is 25.6 Å². The van der Waals surface area contributed by atoms with Gasteiger partial charge in [-0.25, -0.2) is 9.59 Å². The van der Waals surface area contributed by atoms with Crippen molar-refractivity contribution in [2.75, 3.05) is 31.7 Å². The highest BCUT2D eigenvalue weighted by molar-refractivity contribution is 6.35. The van der Waals surface area contributed by atoms with Crippen molar-refractivity contribution in [3.8, 4) is 17.1 Å². The van der Waals surface area contributed by atoms with Crippen LogP contribution in [0, 0.1) is 5.92 Å². The SMILES string of the molecule is CCOC(=O)C(C)=NNc1ccc(-c2ccc(O[C@H]3CN4CCC3CC4)nn2)cc1.O=C(O)C(F)(F)F. The number of nitrogens with one attached hydrogen (secondary N) is 1. The Balaban J connectivity index is 0.000000479. The largest absolute Gasteiger partial charge is 0.490 e. The highest BCUT2D eigenvalue weighted by Gasteiger charge is 2.38. The van der Waals surface area contributed by atoms with Crippen LogP contribution in [0.25, 0.3) is 11.3 Å². The summed E-state index contributed by atoms with van der Waals surface area (Å²) in [6.07, 6.45) is -2.45. The van der Waals surface area contributed by atoms with Crippen LogP contribution in [-0.2, 0) is 14.3 Å². The van der Waals surface area contributed by atoms with Gasteiger partial charge in [0.1, 0.15) is 11.8 Å². The number of carboxylic acid groups (broad SMARTS) is 1. The molecule has 200 valence electrons. The third-order valence-electron chi connectivity index (χ3n) is 5.86. The first-order valence-electron chi connectivity index (χ1n) is 11.7. The summed E-state index contributed by atoms with van der Waals surface area (Å²) in [5.74, 6) is -1.98. The van der Waals surface area contributed by atoms with Gasteiger partial charge in [-0.05, 0) is 63.9 Å². The van der Waals surface area contributed by atoms with Crippen molar-refractivity contribution in [3.05, 3.63) is 36.4 Å². The van der Waals surface area contributed by atoms with Gasteiger partial charge in [0.25, 0.3) is 0 Å². The van der Waals surface area contributed by atoms with Crippen LogP contribution in [0.4, 0.5) is 18.9 Å². The predicted octanol–water partition coefficient (Wildman–Crippen LogP) is 3.60. The van der Waals surface area contributed by atoms with Gasteiger partial charge in [-0.1, -0.05) is 12.1 Å². The van der Waals surface area contributed by atoms with Crippen LogP contribution >= 0.6 is 0 Å². The number of rotatable bonds is 7. The van der Waals surface area contributed by atoms with Gasteiger partial charge in [0.15, 0.2) is 0 Å². The molecular weight excluding hydrogens is 495 g/mol. The lowest BCUT2D eigenvalue weighted by molar-refractivity contribution is -0.192. The Morgan fingerprint density at radius 3 is 2.27 bits per heavy atom. The molecule has 10 nitrogen and oxygen atoms in total. The number of ether oxygens (including phenoxy) is 2. The molecule has 0 saturated carbocycles. The van der Waals surface area contributed by atoms with Gasteiger partial charge < -0.3 is 14.6 Å². The van der Waals surface area contributed by atoms with E-state index < -0.39 is 18.1 Å². The van der Waals surface area contributed by atoms with E-state index in [1.807, 2.05) is 36.4 Å². The summed E-state index contributed by atoms with van der Waals surface area (Å²) in [6, 6.07) is 11.4. The van der Waals surface area contributed by atoms with Crippen LogP contribution in [0.15, 0.2) is 41.5 Å². The number of carbonyl (C=O) groups is 2. The molecule has 0 spiro atoms. The zero-order chi connectivity index (χ0) is 27.0. The molecule has 3 saturated heterocycles. The average molecular weight is 524 g/mol. The van der Waals surface area contributed by atoms with Crippen molar-refractivity contribution in [2.45, 2.75) is 39.0 Å². The minimum atomic E-state index is -5.08. The minimum absolute atomic E-state index is 0.219. The van der Waals surface area contributed by atoms with Gasteiger partial charge >= 0.3 is 18.1 Å². The first-order valence-corrected chi connectivity index (χ1v) is 11.7. The number of aromatic nitrogens is 2. The number of hydrogen-bond acceptors (Lipinski definition) is 9. The van der Waals surface area contributed by atoms with E-state index in [0.29, 0.717) is 18.4 Å². The predicted molar refractivity (Wildman–Crippen MR) is 128 cm³/mol. The van der Waals surface area contributed by atoms with E-state index >= 15 is 0 Å². The third kappa shape index (κ3) is 8.13. The number of aliphatic carboxylic acids is 1. The number of nitrogens with zero attached hydrogens (tertiary/aromatic N) is 4. The molecule has 2 N–H and O–H groups in total. The van der Waals surface area contributed by atoms with Crippen molar-refractivity contribution in [1.29, 1.82) is 0 Å². The molecule has 13 heteroatoms. The Kier molecular flexibility index (Phi) is 9.39. The lowest BCUT2D eigenvalue weighted by Gasteiger charge is -2.44. The van der Waals surface area contributed by atoms with Crippen molar-refractivity contribution in [1.82, 2.24) is 15.1 Å².